The van der Waals surface area contributed by atoms with Crippen molar-refractivity contribution in [3.8, 4) is 0 Å². The molecule has 29 heavy (non-hydrogen) atoms. The third-order valence-electron chi connectivity index (χ3n) is 6.19. The number of carbonyl (C=O) groups is 2. The van der Waals surface area contributed by atoms with E-state index in [-0.39, 0.29) is 17.9 Å². The summed E-state index contributed by atoms with van der Waals surface area (Å²) in [5, 5.41) is 8.27. The molecular weight excluding hydrogens is 366 g/mol. The Morgan fingerprint density at radius 2 is 1.79 bits per heavy atom. The molecule has 0 radical (unpaired) electrons. The summed E-state index contributed by atoms with van der Waals surface area (Å²) in [6, 6.07) is 5.95. The Labute approximate surface area is 171 Å². The van der Waals surface area contributed by atoms with E-state index in [2.05, 4.69) is 17.2 Å². The van der Waals surface area contributed by atoms with Crippen LogP contribution in [0.2, 0.25) is 0 Å². The lowest BCUT2D eigenvalue weighted by Gasteiger charge is -2.25. The number of piperidine rings is 1. The Kier molecular flexibility index (Phi) is 5.65. The zero-order valence-corrected chi connectivity index (χ0v) is 17.3. The molecule has 1 aromatic heterocycles. The van der Waals surface area contributed by atoms with Crippen LogP contribution in [-0.2, 0) is 6.54 Å². The van der Waals surface area contributed by atoms with Gasteiger partial charge in [-0.1, -0.05) is 11.3 Å². The SMILES string of the molecule is Cc1ccc(C(=O)N2CCCC2Cn2cc(C(=O)N3CCCCC3)nn2)cc1C. The number of amides is 2. The second-order valence-corrected chi connectivity index (χ2v) is 8.27. The van der Waals surface area contributed by atoms with Gasteiger partial charge in [0.1, 0.15) is 0 Å². The molecule has 0 aliphatic carbocycles. The molecule has 0 bridgehead atoms. The first kappa shape index (κ1) is 19.6. The monoisotopic (exact) mass is 395 g/mol. The van der Waals surface area contributed by atoms with E-state index >= 15 is 0 Å². The molecule has 4 rings (SSSR count). The summed E-state index contributed by atoms with van der Waals surface area (Å²) in [5.74, 6) is 0.0331. The maximum Gasteiger partial charge on any atom is 0.276 e. The lowest BCUT2D eigenvalue weighted by molar-refractivity contribution is 0.0710. The molecule has 0 N–H and O–H groups in total. The lowest BCUT2D eigenvalue weighted by Crippen LogP contribution is -2.38. The first-order valence-corrected chi connectivity index (χ1v) is 10.6. The highest BCUT2D eigenvalue weighted by Gasteiger charge is 2.30. The van der Waals surface area contributed by atoms with Crippen molar-refractivity contribution in [2.24, 2.45) is 0 Å². The molecule has 7 nitrogen and oxygen atoms in total. The minimum absolute atomic E-state index is 0.0366. The Hall–Kier alpha value is -2.70. The van der Waals surface area contributed by atoms with Gasteiger partial charge in [0.15, 0.2) is 5.69 Å². The number of nitrogens with zero attached hydrogens (tertiary/aromatic N) is 5. The average Bonchev–Trinajstić information content (AvgIpc) is 3.40. The molecule has 3 heterocycles. The molecule has 2 fully saturated rings. The summed E-state index contributed by atoms with van der Waals surface area (Å²) in [4.78, 5) is 29.5. The standard InChI is InChI=1S/C22H29N5O2/c1-16-8-9-18(13-17(16)2)21(28)27-12-6-7-19(27)14-26-15-20(23-24-26)22(29)25-10-4-3-5-11-25/h8-9,13,15,19H,3-7,10-12,14H2,1-2H3. The number of rotatable bonds is 4. The predicted molar refractivity (Wildman–Crippen MR) is 110 cm³/mol. The maximum absolute atomic E-state index is 13.1. The molecule has 0 saturated carbocycles. The van der Waals surface area contributed by atoms with Crippen LogP contribution >= 0.6 is 0 Å². The lowest BCUT2D eigenvalue weighted by atomic mass is 10.1. The van der Waals surface area contributed by atoms with Crippen LogP contribution in [0.3, 0.4) is 0 Å². The van der Waals surface area contributed by atoms with Crippen molar-refractivity contribution in [3.63, 3.8) is 0 Å². The maximum atomic E-state index is 13.1. The van der Waals surface area contributed by atoms with Gasteiger partial charge in [-0.25, -0.2) is 4.68 Å². The zero-order valence-electron chi connectivity index (χ0n) is 17.3. The third-order valence-corrected chi connectivity index (χ3v) is 6.19. The summed E-state index contributed by atoms with van der Waals surface area (Å²) in [6.45, 7) is 7.00. The number of aryl methyl sites for hydroxylation is 2. The summed E-state index contributed by atoms with van der Waals surface area (Å²) in [5.41, 5.74) is 3.45. The highest BCUT2D eigenvalue weighted by Crippen LogP contribution is 2.22. The van der Waals surface area contributed by atoms with Gasteiger partial charge in [0.25, 0.3) is 11.8 Å². The van der Waals surface area contributed by atoms with Crippen LogP contribution in [0, 0.1) is 13.8 Å². The fourth-order valence-electron chi connectivity index (χ4n) is 4.29. The van der Waals surface area contributed by atoms with E-state index in [4.69, 9.17) is 0 Å². The second-order valence-electron chi connectivity index (χ2n) is 8.27. The van der Waals surface area contributed by atoms with Gasteiger partial charge in [-0.15, -0.1) is 5.10 Å². The van der Waals surface area contributed by atoms with Crippen molar-refractivity contribution in [2.75, 3.05) is 19.6 Å². The van der Waals surface area contributed by atoms with E-state index < -0.39 is 0 Å². The smallest absolute Gasteiger partial charge is 0.276 e. The van der Waals surface area contributed by atoms with Crippen molar-refractivity contribution >= 4 is 11.8 Å². The first-order chi connectivity index (χ1) is 14.0. The van der Waals surface area contributed by atoms with Crippen LogP contribution in [0.4, 0.5) is 0 Å². The van der Waals surface area contributed by atoms with E-state index in [0.29, 0.717) is 12.2 Å². The van der Waals surface area contributed by atoms with Gasteiger partial charge in [-0.05, 0) is 69.2 Å². The average molecular weight is 396 g/mol. The molecule has 1 aromatic carbocycles. The molecule has 2 aromatic rings. The van der Waals surface area contributed by atoms with E-state index in [1.165, 1.54) is 12.0 Å². The third kappa shape index (κ3) is 4.18. The largest absolute Gasteiger partial charge is 0.337 e. The Morgan fingerprint density at radius 1 is 1.00 bits per heavy atom. The summed E-state index contributed by atoms with van der Waals surface area (Å²) >= 11 is 0. The Balaban J connectivity index is 1.43. The molecule has 2 saturated heterocycles. The number of hydrogen-bond acceptors (Lipinski definition) is 4. The molecule has 1 atom stereocenters. The summed E-state index contributed by atoms with van der Waals surface area (Å²) in [6.07, 6.45) is 6.94. The number of hydrogen-bond donors (Lipinski definition) is 0. The van der Waals surface area contributed by atoms with Crippen LogP contribution in [-0.4, -0.2) is 62.3 Å². The van der Waals surface area contributed by atoms with Gasteiger partial charge in [0, 0.05) is 25.2 Å². The molecule has 7 heteroatoms. The molecule has 2 aliphatic rings. The first-order valence-electron chi connectivity index (χ1n) is 10.6. The highest BCUT2D eigenvalue weighted by atomic mass is 16.2. The van der Waals surface area contributed by atoms with Crippen LogP contribution < -0.4 is 0 Å². The second kappa shape index (κ2) is 8.35. The van der Waals surface area contributed by atoms with E-state index in [0.717, 1.165) is 56.4 Å². The number of benzene rings is 1. The predicted octanol–water partition coefficient (Wildman–Crippen LogP) is 2.83. The van der Waals surface area contributed by atoms with Gasteiger partial charge in [0.05, 0.1) is 18.8 Å². The van der Waals surface area contributed by atoms with Gasteiger partial charge in [-0.3, -0.25) is 9.59 Å². The molecule has 2 amide bonds. The van der Waals surface area contributed by atoms with Crippen LogP contribution in [0.25, 0.3) is 0 Å². The van der Waals surface area contributed by atoms with Gasteiger partial charge in [0.2, 0.25) is 0 Å². The molecule has 1 unspecified atom stereocenters. The van der Waals surface area contributed by atoms with Crippen molar-refractivity contribution in [3.05, 3.63) is 46.8 Å². The van der Waals surface area contributed by atoms with Crippen LogP contribution in [0.15, 0.2) is 24.4 Å². The fourth-order valence-corrected chi connectivity index (χ4v) is 4.29. The van der Waals surface area contributed by atoms with Gasteiger partial charge < -0.3 is 9.80 Å². The topological polar surface area (TPSA) is 71.3 Å². The minimum Gasteiger partial charge on any atom is -0.337 e. The minimum atomic E-state index is -0.0366. The Morgan fingerprint density at radius 3 is 2.55 bits per heavy atom. The number of aromatic nitrogens is 3. The molecular formula is C22H29N5O2. The van der Waals surface area contributed by atoms with Crippen molar-refractivity contribution in [2.45, 2.75) is 58.5 Å². The van der Waals surface area contributed by atoms with Crippen LogP contribution in [0.1, 0.15) is 64.1 Å². The van der Waals surface area contributed by atoms with Crippen molar-refractivity contribution in [1.82, 2.24) is 24.8 Å². The van der Waals surface area contributed by atoms with E-state index in [1.54, 1.807) is 10.9 Å². The fraction of sp³-hybridized carbons (Fsp3) is 0.545. The summed E-state index contributed by atoms with van der Waals surface area (Å²) < 4.78 is 1.72. The molecule has 0 spiro atoms. The van der Waals surface area contributed by atoms with Crippen LogP contribution in [0.5, 0.6) is 0 Å². The Bertz CT molecular complexity index is 900. The van der Waals surface area contributed by atoms with Gasteiger partial charge >= 0.3 is 0 Å². The normalized spacial score (nSPS) is 19.6. The summed E-state index contributed by atoms with van der Waals surface area (Å²) in [7, 11) is 0. The van der Waals surface area contributed by atoms with E-state index in [9.17, 15) is 9.59 Å². The van der Waals surface area contributed by atoms with Crippen molar-refractivity contribution in [1.29, 1.82) is 0 Å². The molecule has 154 valence electrons. The quantitative estimate of drug-likeness (QED) is 0.798. The van der Waals surface area contributed by atoms with Crippen molar-refractivity contribution < 1.29 is 9.59 Å². The number of likely N-dealkylation sites (tertiary alicyclic amines) is 2. The number of carbonyl (C=O) groups excluding carboxylic acids is 2. The van der Waals surface area contributed by atoms with Gasteiger partial charge in [-0.2, -0.15) is 0 Å². The van der Waals surface area contributed by atoms with E-state index in [1.807, 2.05) is 34.9 Å². The zero-order chi connectivity index (χ0) is 20.4. The molecule has 2 aliphatic heterocycles. The highest BCUT2D eigenvalue weighted by molar-refractivity contribution is 5.95.